The zero-order valence-electron chi connectivity index (χ0n) is 9.99. The first-order valence-electron chi connectivity index (χ1n) is 5.92. The lowest BCUT2D eigenvalue weighted by atomic mass is 10.0. The molecule has 1 rings (SSSR count). The molecule has 1 aliphatic rings. The molecule has 0 aliphatic carbocycles. The van der Waals surface area contributed by atoms with Gasteiger partial charge in [0.15, 0.2) is 5.78 Å². The highest BCUT2D eigenvalue weighted by Crippen LogP contribution is 2.14. The second kappa shape index (κ2) is 5.77. The molecule has 1 heterocycles. The van der Waals surface area contributed by atoms with Crippen LogP contribution in [0, 0.1) is 5.92 Å². The van der Waals surface area contributed by atoms with E-state index in [0.29, 0.717) is 12.8 Å². The Morgan fingerprint density at radius 1 is 1.25 bits per heavy atom. The Hall–Kier alpha value is -1.19. The highest BCUT2D eigenvalue weighted by atomic mass is 16.2. The van der Waals surface area contributed by atoms with E-state index in [-0.39, 0.29) is 30.1 Å². The van der Waals surface area contributed by atoms with Gasteiger partial charge in [0, 0.05) is 18.8 Å². The number of Topliss-reactive ketones (excluding diaryl/α,β-unsaturated/α-hetero) is 1. The largest absolute Gasteiger partial charge is 0.297 e. The molecule has 4 heteroatoms. The molecule has 0 radical (unpaired) electrons. The van der Waals surface area contributed by atoms with Crippen molar-refractivity contribution >= 4 is 17.6 Å². The fourth-order valence-corrected chi connectivity index (χ4v) is 1.68. The summed E-state index contributed by atoms with van der Waals surface area (Å²) in [5.74, 6) is -0.492. The summed E-state index contributed by atoms with van der Waals surface area (Å²) < 4.78 is 0. The number of nitrogens with zero attached hydrogens (tertiary/aromatic N) is 1. The monoisotopic (exact) mass is 225 g/mol. The Morgan fingerprint density at radius 3 is 2.19 bits per heavy atom. The molecule has 1 atom stereocenters. The maximum absolute atomic E-state index is 11.7. The first-order valence-corrected chi connectivity index (χ1v) is 5.92. The Kier molecular flexibility index (Phi) is 4.65. The van der Waals surface area contributed by atoms with Crippen LogP contribution in [-0.4, -0.2) is 29.0 Å². The van der Waals surface area contributed by atoms with Crippen LogP contribution in [0.4, 0.5) is 0 Å². The van der Waals surface area contributed by atoms with E-state index in [2.05, 4.69) is 0 Å². The van der Waals surface area contributed by atoms with E-state index in [1.165, 1.54) is 0 Å². The van der Waals surface area contributed by atoms with E-state index in [0.717, 1.165) is 24.2 Å². The number of rotatable bonds is 4. The molecule has 0 aromatic rings. The van der Waals surface area contributed by atoms with Crippen molar-refractivity contribution in [3.8, 4) is 0 Å². The van der Waals surface area contributed by atoms with Gasteiger partial charge in [-0.25, -0.2) is 0 Å². The fourth-order valence-electron chi connectivity index (χ4n) is 1.68. The molecule has 0 N–H and O–H groups in total. The van der Waals surface area contributed by atoms with Crippen molar-refractivity contribution in [1.29, 1.82) is 0 Å². The van der Waals surface area contributed by atoms with Gasteiger partial charge in [-0.3, -0.25) is 19.3 Å². The quantitative estimate of drug-likeness (QED) is 0.682. The lowest BCUT2D eigenvalue weighted by Crippen LogP contribution is -2.40. The molecule has 0 saturated carbocycles. The minimum absolute atomic E-state index is 0.0221. The average Bonchev–Trinajstić information content (AvgIpc) is 2.42. The number of carbonyl (C=O) groups excluding carboxylic acids is 3. The second-order valence-electron chi connectivity index (χ2n) is 4.36. The van der Waals surface area contributed by atoms with Gasteiger partial charge in [0.2, 0.25) is 11.8 Å². The Morgan fingerprint density at radius 2 is 1.75 bits per heavy atom. The summed E-state index contributed by atoms with van der Waals surface area (Å²) in [4.78, 5) is 36.1. The molecule has 0 bridgehead atoms. The summed E-state index contributed by atoms with van der Waals surface area (Å²) in [6.45, 7) is 3.72. The molecule has 0 aromatic carbocycles. The lowest BCUT2D eigenvalue weighted by Gasteiger charge is -2.19. The molecule has 1 unspecified atom stereocenters. The zero-order valence-corrected chi connectivity index (χ0v) is 9.99. The number of likely N-dealkylation sites (tertiary alicyclic amines) is 1. The zero-order chi connectivity index (χ0) is 12.1. The van der Waals surface area contributed by atoms with E-state index >= 15 is 0 Å². The molecule has 2 amide bonds. The average molecular weight is 225 g/mol. The Balaban J connectivity index is 2.65. The highest BCUT2D eigenvalue weighted by molar-refractivity contribution is 6.00. The number of ketones is 1. The van der Waals surface area contributed by atoms with E-state index < -0.39 is 0 Å². The van der Waals surface area contributed by atoms with Crippen molar-refractivity contribution < 1.29 is 14.4 Å². The number of hydrogen-bond acceptors (Lipinski definition) is 3. The normalized spacial score (nSPS) is 19.5. The third-order valence-corrected chi connectivity index (χ3v) is 3.11. The van der Waals surface area contributed by atoms with Crippen molar-refractivity contribution in [2.24, 2.45) is 5.92 Å². The van der Waals surface area contributed by atoms with Gasteiger partial charge in [-0.05, 0) is 19.3 Å². The van der Waals surface area contributed by atoms with Gasteiger partial charge >= 0.3 is 0 Å². The fraction of sp³-hybridized carbons (Fsp3) is 0.750. The maximum atomic E-state index is 11.7. The third kappa shape index (κ3) is 3.15. The van der Waals surface area contributed by atoms with Crippen LogP contribution in [0.3, 0.4) is 0 Å². The van der Waals surface area contributed by atoms with Crippen molar-refractivity contribution in [3.05, 3.63) is 0 Å². The van der Waals surface area contributed by atoms with Crippen LogP contribution >= 0.6 is 0 Å². The van der Waals surface area contributed by atoms with Gasteiger partial charge in [0.05, 0.1) is 6.54 Å². The lowest BCUT2D eigenvalue weighted by molar-refractivity contribution is -0.147. The van der Waals surface area contributed by atoms with Crippen LogP contribution in [0.5, 0.6) is 0 Å². The van der Waals surface area contributed by atoms with Gasteiger partial charge in [-0.15, -0.1) is 0 Å². The van der Waals surface area contributed by atoms with E-state index in [4.69, 9.17) is 0 Å². The number of amides is 2. The summed E-state index contributed by atoms with van der Waals surface area (Å²) in [5.41, 5.74) is 0. The van der Waals surface area contributed by atoms with Crippen molar-refractivity contribution in [3.63, 3.8) is 0 Å². The van der Waals surface area contributed by atoms with Crippen LogP contribution in [0.2, 0.25) is 0 Å². The molecule has 1 saturated heterocycles. The molecule has 90 valence electrons. The second-order valence-corrected chi connectivity index (χ2v) is 4.36. The summed E-state index contributed by atoms with van der Waals surface area (Å²) >= 11 is 0. The SMILES string of the molecule is CCC(C)C(=O)CN1C(=O)CCCCC1=O. The summed E-state index contributed by atoms with van der Waals surface area (Å²) in [6.07, 6.45) is 3.02. The highest BCUT2D eigenvalue weighted by Gasteiger charge is 2.27. The molecule has 4 nitrogen and oxygen atoms in total. The molecular weight excluding hydrogens is 206 g/mol. The van der Waals surface area contributed by atoms with Gasteiger partial charge in [0.1, 0.15) is 0 Å². The first-order chi connectivity index (χ1) is 7.56. The first kappa shape index (κ1) is 12.9. The molecular formula is C12H19NO3. The summed E-state index contributed by atoms with van der Waals surface area (Å²) in [7, 11) is 0. The topological polar surface area (TPSA) is 54.5 Å². The van der Waals surface area contributed by atoms with Crippen LogP contribution in [-0.2, 0) is 14.4 Å². The minimum Gasteiger partial charge on any atom is -0.297 e. The molecule has 1 aliphatic heterocycles. The van der Waals surface area contributed by atoms with Gasteiger partial charge < -0.3 is 0 Å². The molecule has 0 spiro atoms. The predicted molar refractivity (Wildman–Crippen MR) is 59.7 cm³/mol. The Labute approximate surface area is 96.0 Å². The number of carbonyl (C=O) groups is 3. The molecule has 1 fully saturated rings. The van der Waals surface area contributed by atoms with E-state index in [1.807, 2.05) is 13.8 Å². The smallest absolute Gasteiger partial charge is 0.229 e. The summed E-state index contributed by atoms with van der Waals surface area (Å²) in [6, 6.07) is 0. The van der Waals surface area contributed by atoms with Crippen molar-refractivity contribution in [2.45, 2.75) is 46.0 Å². The number of hydrogen-bond donors (Lipinski definition) is 0. The van der Waals surface area contributed by atoms with Crippen LogP contribution in [0.15, 0.2) is 0 Å². The van der Waals surface area contributed by atoms with Crippen LogP contribution in [0.25, 0.3) is 0 Å². The molecule has 0 aromatic heterocycles. The van der Waals surface area contributed by atoms with Gasteiger partial charge in [0.25, 0.3) is 0 Å². The standard InChI is InChI=1S/C12H19NO3/c1-3-9(2)10(14)8-13-11(15)6-4-5-7-12(13)16/h9H,3-8H2,1-2H3. The summed E-state index contributed by atoms with van der Waals surface area (Å²) in [5, 5.41) is 0. The minimum atomic E-state index is -0.195. The third-order valence-electron chi connectivity index (χ3n) is 3.11. The maximum Gasteiger partial charge on any atom is 0.229 e. The Bertz CT molecular complexity index is 281. The van der Waals surface area contributed by atoms with E-state index in [1.54, 1.807) is 0 Å². The predicted octanol–water partition coefficient (Wildman–Crippen LogP) is 1.53. The number of imide groups is 1. The van der Waals surface area contributed by atoms with Crippen molar-refractivity contribution in [2.75, 3.05) is 6.54 Å². The van der Waals surface area contributed by atoms with Gasteiger partial charge in [-0.1, -0.05) is 13.8 Å². The van der Waals surface area contributed by atoms with Crippen molar-refractivity contribution in [1.82, 2.24) is 4.90 Å². The van der Waals surface area contributed by atoms with Gasteiger partial charge in [-0.2, -0.15) is 0 Å². The van der Waals surface area contributed by atoms with Crippen LogP contribution < -0.4 is 0 Å². The van der Waals surface area contributed by atoms with Crippen LogP contribution in [0.1, 0.15) is 46.0 Å². The molecule has 16 heavy (non-hydrogen) atoms. The van der Waals surface area contributed by atoms with E-state index in [9.17, 15) is 14.4 Å².